The molecule has 3 nitrogen and oxygen atoms in total. The quantitative estimate of drug-likeness (QED) is 0.810. The summed E-state index contributed by atoms with van der Waals surface area (Å²) in [4.78, 5) is 17.8. The van der Waals surface area contributed by atoms with Crippen LogP contribution in [0.4, 0.5) is 4.39 Å². The molecule has 0 amide bonds. The number of halogens is 1. The fraction of sp³-hybridized carbons (Fsp3) is 0.250. The highest BCUT2D eigenvalue weighted by Crippen LogP contribution is 2.08. The van der Waals surface area contributed by atoms with Gasteiger partial charge >= 0.3 is 0 Å². The molecule has 0 bridgehead atoms. The van der Waals surface area contributed by atoms with Crippen LogP contribution < -0.4 is 0 Å². The van der Waals surface area contributed by atoms with E-state index in [0.29, 0.717) is 18.7 Å². The number of aromatic nitrogens is 1. The van der Waals surface area contributed by atoms with E-state index >= 15 is 0 Å². The number of rotatable bonds is 6. The molecule has 0 N–H and O–H groups in total. The minimum Gasteiger partial charge on any atom is -0.298 e. The summed E-state index contributed by atoms with van der Waals surface area (Å²) in [7, 11) is 1.87. The highest BCUT2D eigenvalue weighted by Gasteiger charge is 2.10. The van der Waals surface area contributed by atoms with Crippen LogP contribution in [0, 0.1) is 5.82 Å². The van der Waals surface area contributed by atoms with Gasteiger partial charge in [0, 0.05) is 25.4 Å². The first-order chi connectivity index (χ1) is 9.65. The van der Waals surface area contributed by atoms with E-state index < -0.39 is 0 Å². The predicted molar refractivity (Wildman–Crippen MR) is 75.7 cm³/mol. The van der Waals surface area contributed by atoms with Crippen molar-refractivity contribution in [3.63, 3.8) is 0 Å². The Morgan fingerprint density at radius 2 is 1.90 bits per heavy atom. The number of benzene rings is 1. The number of hydrogen-bond donors (Lipinski definition) is 0. The standard InChI is InChI=1S/C16H17FN2O/c1-19(11-13-6-8-18-9-7-13)12-15(20)10-14-4-2-3-5-16(14)17/h2-9H,10-12H2,1H3. The van der Waals surface area contributed by atoms with Crippen molar-refractivity contribution in [3.05, 3.63) is 65.7 Å². The maximum atomic E-state index is 13.5. The molecule has 2 rings (SSSR count). The van der Waals surface area contributed by atoms with Crippen LogP contribution in [0.1, 0.15) is 11.1 Å². The lowest BCUT2D eigenvalue weighted by Crippen LogP contribution is -2.26. The lowest BCUT2D eigenvalue weighted by molar-refractivity contribution is -0.119. The first kappa shape index (κ1) is 14.3. The van der Waals surface area contributed by atoms with Crippen molar-refractivity contribution in [1.29, 1.82) is 0 Å². The lowest BCUT2D eigenvalue weighted by Gasteiger charge is -2.15. The van der Waals surface area contributed by atoms with Gasteiger partial charge in [0.15, 0.2) is 5.78 Å². The Hall–Kier alpha value is -2.07. The molecule has 1 aromatic carbocycles. The number of pyridine rings is 1. The monoisotopic (exact) mass is 272 g/mol. The fourth-order valence-electron chi connectivity index (χ4n) is 2.07. The molecule has 2 aromatic rings. The van der Waals surface area contributed by atoms with Gasteiger partial charge in [-0.1, -0.05) is 18.2 Å². The van der Waals surface area contributed by atoms with Gasteiger partial charge in [-0.05, 0) is 36.4 Å². The second-order valence-electron chi connectivity index (χ2n) is 4.83. The van der Waals surface area contributed by atoms with Gasteiger partial charge in [0.2, 0.25) is 0 Å². The molecule has 104 valence electrons. The smallest absolute Gasteiger partial charge is 0.151 e. The summed E-state index contributed by atoms with van der Waals surface area (Å²) in [5.41, 5.74) is 1.55. The first-order valence-electron chi connectivity index (χ1n) is 6.47. The molecule has 0 aliphatic heterocycles. The third-order valence-corrected chi connectivity index (χ3v) is 2.99. The molecule has 20 heavy (non-hydrogen) atoms. The zero-order chi connectivity index (χ0) is 14.4. The molecule has 1 aromatic heterocycles. The van der Waals surface area contributed by atoms with Crippen LogP contribution in [-0.4, -0.2) is 29.3 Å². The van der Waals surface area contributed by atoms with Crippen LogP contribution in [0.25, 0.3) is 0 Å². The van der Waals surface area contributed by atoms with E-state index in [2.05, 4.69) is 4.98 Å². The molecule has 0 aliphatic rings. The van der Waals surface area contributed by atoms with Crippen molar-refractivity contribution in [2.24, 2.45) is 0 Å². The van der Waals surface area contributed by atoms with Crippen molar-refractivity contribution in [2.45, 2.75) is 13.0 Å². The van der Waals surface area contributed by atoms with E-state index in [4.69, 9.17) is 0 Å². The van der Waals surface area contributed by atoms with Crippen molar-refractivity contribution >= 4 is 5.78 Å². The van der Waals surface area contributed by atoms with E-state index in [1.165, 1.54) is 6.07 Å². The van der Waals surface area contributed by atoms with Gasteiger partial charge in [-0.25, -0.2) is 4.39 Å². The summed E-state index contributed by atoms with van der Waals surface area (Å²) in [6, 6.07) is 10.2. The highest BCUT2D eigenvalue weighted by atomic mass is 19.1. The molecule has 0 radical (unpaired) electrons. The van der Waals surface area contributed by atoms with Crippen molar-refractivity contribution < 1.29 is 9.18 Å². The molecule has 0 fully saturated rings. The van der Waals surface area contributed by atoms with Crippen molar-refractivity contribution in [3.8, 4) is 0 Å². The van der Waals surface area contributed by atoms with Crippen LogP contribution in [0.3, 0.4) is 0 Å². The molecule has 4 heteroatoms. The molecular weight excluding hydrogens is 255 g/mol. The number of carbonyl (C=O) groups excluding carboxylic acids is 1. The summed E-state index contributed by atoms with van der Waals surface area (Å²) in [5, 5.41) is 0. The molecule has 0 saturated carbocycles. The number of hydrogen-bond acceptors (Lipinski definition) is 3. The summed E-state index contributed by atoms with van der Waals surface area (Å²) >= 11 is 0. The summed E-state index contributed by atoms with van der Waals surface area (Å²) in [6.07, 6.45) is 3.59. The molecule has 0 spiro atoms. The fourth-order valence-corrected chi connectivity index (χ4v) is 2.07. The van der Waals surface area contributed by atoms with Crippen molar-refractivity contribution in [1.82, 2.24) is 9.88 Å². The van der Waals surface area contributed by atoms with E-state index in [1.54, 1.807) is 30.6 Å². The zero-order valence-electron chi connectivity index (χ0n) is 11.4. The van der Waals surface area contributed by atoms with Gasteiger partial charge in [-0.15, -0.1) is 0 Å². The van der Waals surface area contributed by atoms with Crippen LogP contribution in [0.15, 0.2) is 48.8 Å². The SMILES string of the molecule is CN(CC(=O)Cc1ccccc1F)Cc1ccncc1. The molecule has 0 aliphatic carbocycles. The topological polar surface area (TPSA) is 33.2 Å². The number of nitrogens with zero attached hydrogens (tertiary/aromatic N) is 2. The Bertz CT molecular complexity index is 572. The van der Waals surface area contributed by atoms with Gasteiger partial charge in [-0.2, -0.15) is 0 Å². The van der Waals surface area contributed by atoms with Crippen LogP contribution >= 0.6 is 0 Å². The largest absolute Gasteiger partial charge is 0.298 e. The Morgan fingerprint density at radius 3 is 2.60 bits per heavy atom. The number of ketones is 1. The van der Waals surface area contributed by atoms with E-state index in [-0.39, 0.29) is 18.0 Å². The van der Waals surface area contributed by atoms with Crippen LogP contribution in [-0.2, 0) is 17.8 Å². The number of Topliss-reactive ketones (excluding diaryl/α,β-unsaturated/α-hetero) is 1. The second kappa shape index (κ2) is 6.91. The van der Waals surface area contributed by atoms with Gasteiger partial charge in [-0.3, -0.25) is 14.7 Å². The minimum atomic E-state index is -0.322. The molecule has 0 unspecified atom stereocenters. The Kier molecular flexibility index (Phi) is 4.96. The predicted octanol–water partition coefficient (Wildman–Crippen LogP) is 2.46. The van der Waals surface area contributed by atoms with Gasteiger partial charge in [0.05, 0.1) is 6.54 Å². The molecule has 0 atom stereocenters. The minimum absolute atomic E-state index is 0.00616. The van der Waals surface area contributed by atoms with Gasteiger partial charge in [0.1, 0.15) is 5.82 Å². The molecular formula is C16H17FN2O. The lowest BCUT2D eigenvalue weighted by atomic mass is 10.1. The van der Waals surface area contributed by atoms with Gasteiger partial charge < -0.3 is 0 Å². The average Bonchev–Trinajstić information content (AvgIpc) is 2.42. The summed E-state index contributed by atoms with van der Waals surface area (Å²) in [6.45, 7) is 0.974. The van der Waals surface area contributed by atoms with E-state index in [9.17, 15) is 9.18 Å². The number of likely N-dealkylation sites (N-methyl/N-ethyl adjacent to an activating group) is 1. The molecule has 0 saturated heterocycles. The van der Waals surface area contributed by atoms with Crippen LogP contribution in [0.2, 0.25) is 0 Å². The second-order valence-corrected chi connectivity index (χ2v) is 4.83. The number of carbonyl (C=O) groups is 1. The maximum absolute atomic E-state index is 13.5. The Labute approximate surface area is 118 Å². The van der Waals surface area contributed by atoms with Crippen molar-refractivity contribution in [2.75, 3.05) is 13.6 Å². The Balaban J connectivity index is 1.87. The average molecular weight is 272 g/mol. The highest BCUT2D eigenvalue weighted by molar-refractivity contribution is 5.82. The summed E-state index contributed by atoms with van der Waals surface area (Å²) < 4.78 is 13.5. The maximum Gasteiger partial charge on any atom is 0.151 e. The normalized spacial score (nSPS) is 10.8. The first-order valence-corrected chi connectivity index (χ1v) is 6.47. The Morgan fingerprint density at radius 1 is 1.20 bits per heavy atom. The van der Waals surface area contributed by atoms with E-state index in [0.717, 1.165) is 5.56 Å². The van der Waals surface area contributed by atoms with Crippen LogP contribution in [0.5, 0.6) is 0 Å². The third-order valence-electron chi connectivity index (χ3n) is 2.99. The zero-order valence-corrected chi connectivity index (χ0v) is 11.4. The third kappa shape index (κ3) is 4.24. The van der Waals surface area contributed by atoms with E-state index in [1.807, 2.05) is 24.1 Å². The molecule has 1 heterocycles. The van der Waals surface area contributed by atoms with Gasteiger partial charge in [0.25, 0.3) is 0 Å². The summed E-state index contributed by atoms with van der Waals surface area (Å²) in [5.74, 6) is -0.315.